The summed E-state index contributed by atoms with van der Waals surface area (Å²) < 4.78 is 5.63. The Morgan fingerprint density at radius 2 is 1.44 bits per heavy atom. The highest BCUT2D eigenvalue weighted by molar-refractivity contribution is 6.32. The van der Waals surface area contributed by atoms with Crippen molar-refractivity contribution < 1.29 is 29.0 Å². The fraction of sp³-hybridized carbons (Fsp3) is 0.234. The molecule has 12 heteroatoms. The fourth-order valence-electron chi connectivity index (χ4n) is 9.83. The number of ether oxygens (including phenoxy) is 1. The Morgan fingerprint density at radius 3 is 2.10 bits per heavy atom. The van der Waals surface area contributed by atoms with E-state index in [0.29, 0.717) is 44.6 Å². The predicted molar refractivity (Wildman–Crippen MR) is 225 cm³/mol. The van der Waals surface area contributed by atoms with Crippen molar-refractivity contribution in [2.75, 3.05) is 35.9 Å². The van der Waals surface area contributed by atoms with Crippen LogP contribution >= 0.6 is 11.6 Å². The normalized spacial score (nSPS) is 24.9. The molecule has 4 amide bonds. The van der Waals surface area contributed by atoms with Gasteiger partial charge in [0.25, 0.3) is 0 Å². The molecule has 4 aliphatic rings. The van der Waals surface area contributed by atoms with E-state index in [-0.39, 0.29) is 30.4 Å². The molecule has 0 radical (unpaired) electrons. The number of aromatic hydroxyl groups is 1. The highest BCUT2D eigenvalue weighted by Crippen LogP contribution is 2.65. The van der Waals surface area contributed by atoms with Gasteiger partial charge in [0.2, 0.25) is 23.6 Å². The number of anilines is 3. The van der Waals surface area contributed by atoms with Crippen molar-refractivity contribution in [2.45, 2.75) is 24.2 Å². The Labute approximate surface area is 346 Å². The van der Waals surface area contributed by atoms with Gasteiger partial charge in [0.05, 0.1) is 53.0 Å². The Balaban J connectivity index is 1.13. The molecule has 2 aliphatic heterocycles. The fourth-order valence-corrected chi connectivity index (χ4v) is 10.0. The molecular weight excluding hydrogens is 766 g/mol. The van der Waals surface area contributed by atoms with Crippen molar-refractivity contribution in [1.82, 2.24) is 0 Å². The molecule has 0 aromatic heterocycles. The van der Waals surface area contributed by atoms with Crippen LogP contribution in [0.25, 0.3) is 0 Å². The molecule has 59 heavy (non-hydrogen) atoms. The van der Waals surface area contributed by atoms with Gasteiger partial charge < -0.3 is 14.7 Å². The van der Waals surface area contributed by atoms with Gasteiger partial charge in [-0.3, -0.25) is 24.1 Å². The first-order chi connectivity index (χ1) is 28.5. The van der Waals surface area contributed by atoms with Crippen molar-refractivity contribution in [3.05, 3.63) is 149 Å². The summed E-state index contributed by atoms with van der Waals surface area (Å²) in [5.41, 5.74) is 3.16. The van der Waals surface area contributed by atoms with E-state index in [1.165, 1.54) is 23.0 Å². The molecule has 2 aliphatic carbocycles. The molecule has 3 fully saturated rings. The van der Waals surface area contributed by atoms with Crippen molar-refractivity contribution in [3.63, 3.8) is 0 Å². The van der Waals surface area contributed by atoms with Gasteiger partial charge in [0, 0.05) is 36.3 Å². The third-order valence-electron chi connectivity index (χ3n) is 12.5. The number of fused-ring (bicyclic) bond motifs is 4. The van der Waals surface area contributed by atoms with E-state index in [1.54, 1.807) is 60.7 Å². The van der Waals surface area contributed by atoms with E-state index in [1.807, 2.05) is 79.7 Å². The van der Waals surface area contributed by atoms with Crippen LogP contribution < -0.4 is 19.4 Å². The maximum atomic E-state index is 15.5. The highest BCUT2D eigenvalue weighted by Gasteiger charge is 2.70. The molecule has 2 saturated heterocycles. The number of nitrogens with zero attached hydrogens (tertiary/aromatic N) is 5. The number of benzene rings is 5. The summed E-state index contributed by atoms with van der Waals surface area (Å²) in [5, 5.41) is 20.8. The van der Waals surface area contributed by atoms with Crippen molar-refractivity contribution in [3.8, 4) is 11.5 Å². The van der Waals surface area contributed by atoms with E-state index < -0.39 is 46.8 Å². The largest absolute Gasteiger partial charge is 0.508 e. The lowest BCUT2D eigenvalue weighted by atomic mass is 9.49. The average molecular weight is 806 g/mol. The third-order valence-corrected chi connectivity index (χ3v) is 12.7. The number of hydrogen-bond donors (Lipinski definition) is 1. The SMILES string of the molecule is COc1ccc(O)c([C@H]2C3=CC[C@@H]4C(=O)N(c5ccc(N=Nc6ccc(N(C)C)cc6)cc5)C(=O)[C@@H]4[C@@H]3C[C@H]3C(=O)N(c4cccc(Cl)c4)C(=O)[C@@]23c2ccccc2)c1. The number of hydrogen-bond acceptors (Lipinski definition) is 9. The number of imide groups is 2. The third kappa shape index (κ3) is 6.02. The van der Waals surface area contributed by atoms with Crippen LogP contribution in [0.15, 0.2) is 143 Å². The lowest BCUT2D eigenvalue weighted by Gasteiger charge is -2.50. The molecule has 11 nitrogen and oxygen atoms in total. The van der Waals surface area contributed by atoms with E-state index in [0.717, 1.165) is 11.3 Å². The summed E-state index contributed by atoms with van der Waals surface area (Å²) in [5.74, 6) is -5.28. The molecule has 0 bridgehead atoms. The second-order valence-electron chi connectivity index (χ2n) is 15.7. The Hall–Kier alpha value is -6.59. The van der Waals surface area contributed by atoms with Crippen LogP contribution in [0, 0.1) is 23.7 Å². The van der Waals surface area contributed by atoms with Crippen molar-refractivity contribution in [2.24, 2.45) is 33.9 Å². The minimum atomic E-state index is -1.54. The smallest absolute Gasteiger partial charge is 0.246 e. The van der Waals surface area contributed by atoms with Crippen LogP contribution in [0.3, 0.4) is 0 Å². The number of azo groups is 1. The standard InChI is InChI=1S/C47H40ClN5O6/c1-51(2)31-16-12-29(13-17-31)49-50-30-14-18-32(19-15-30)52-43(55)36-22-21-35-37(41(36)45(52)57)26-39-44(56)53(33-11-7-10-28(48)24-33)46(58)47(39,27-8-5-4-6-9-27)42(35)38-25-34(59-3)20-23-40(38)54/h4-21,23-25,36-37,39,41-42,54H,22,26H2,1-3H3/t36-,37+,39-,41-,42+,47+/m0/s1. The number of phenolic OH excluding ortho intramolecular Hbond substituents is 1. The van der Waals surface area contributed by atoms with Gasteiger partial charge in [-0.2, -0.15) is 10.2 Å². The number of allylic oxidation sites excluding steroid dienone is 2. The van der Waals surface area contributed by atoms with Crippen LogP contribution in [-0.2, 0) is 24.6 Å². The molecule has 6 atom stereocenters. The number of phenols is 1. The molecule has 2 heterocycles. The number of carbonyl (C=O) groups excluding carboxylic acids is 4. The van der Waals surface area contributed by atoms with Crippen LogP contribution in [-0.4, -0.2) is 49.9 Å². The quantitative estimate of drug-likeness (QED) is 0.0941. The van der Waals surface area contributed by atoms with E-state index in [4.69, 9.17) is 16.3 Å². The molecule has 1 N–H and O–H groups in total. The second-order valence-corrected chi connectivity index (χ2v) is 16.1. The van der Waals surface area contributed by atoms with Crippen LogP contribution in [0.4, 0.5) is 28.4 Å². The van der Waals surface area contributed by atoms with Gasteiger partial charge in [0.1, 0.15) is 11.5 Å². The molecular formula is C47H40ClN5O6. The summed E-state index contributed by atoms with van der Waals surface area (Å²) in [6.45, 7) is 0. The summed E-state index contributed by atoms with van der Waals surface area (Å²) in [7, 11) is 5.44. The zero-order chi connectivity index (χ0) is 41.2. The minimum absolute atomic E-state index is 0.0896. The Kier molecular flexibility index (Phi) is 9.43. The number of amides is 4. The van der Waals surface area contributed by atoms with Crippen LogP contribution in [0.1, 0.15) is 29.9 Å². The van der Waals surface area contributed by atoms with Crippen LogP contribution in [0.2, 0.25) is 5.02 Å². The number of halogens is 1. The maximum absolute atomic E-state index is 15.5. The van der Waals surface area contributed by atoms with Crippen LogP contribution in [0.5, 0.6) is 11.5 Å². The summed E-state index contributed by atoms with van der Waals surface area (Å²) in [6, 6.07) is 35.1. The molecule has 0 unspecified atom stereocenters. The van der Waals surface area contributed by atoms with Gasteiger partial charge in [0.15, 0.2) is 0 Å². The number of rotatable bonds is 8. The first-order valence-corrected chi connectivity index (χ1v) is 19.8. The lowest BCUT2D eigenvalue weighted by Crippen LogP contribution is -2.53. The average Bonchev–Trinajstić information content (AvgIpc) is 3.64. The first-order valence-electron chi connectivity index (χ1n) is 19.5. The molecule has 1 saturated carbocycles. The van der Waals surface area contributed by atoms with Gasteiger partial charge in [-0.15, -0.1) is 0 Å². The molecule has 5 aromatic rings. The number of methoxy groups -OCH3 is 1. The highest BCUT2D eigenvalue weighted by atomic mass is 35.5. The monoisotopic (exact) mass is 805 g/mol. The molecule has 5 aromatic carbocycles. The molecule has 9 rings (SSSR count). The second kappa shape index (κ2) is 14.7. The van der Waals surface area contributed by atoms with E-state index >= 15 is 9.59 Å². The summed E-state index contributed by atoms with van der Waals surface area (Å²) in [6.07, 6.45) is 2.30. The molecule has 0 spiro atoms. The number of carbonyl (C=O) groups is 4. The van der Waals surface area contributed by atoms with E-state index in [2.05, 4.69) is 10.2 Å². The summed E-state index contributed by atoms with van der Waals surface area (Å²) in [4.78, 5) is 64.0. The Morgan fingerprint density at radius 1 is 0.746 bits per heavy atom. The zero-order valence-electron chi connectivity index (χ0n) is 32.5. The van der Waals surface area contributed by atoms with Gasteiger partial charge in [-0.05, 0) is 109 Å². The van der Waals surface area contributed by atoms with Gasteiger partial charge in [-0.1, -0.05) is 59.6 Å². The lowest BCUT2D eigenvalue weighted by molar-refractivity contribution is -0.127. The summed E-state index contributed by atoms with van der Waals surface area (Å²) >= 11 is 6.43. The Bertz CT molecular complexity index is 2580. The topological polar surface area (TPSA) is 132 Å². The van der Waals surface area contributed by atoms with Gasteiger partial charge in [-0.25, -0.2) is 4.90 Å². The van der Waals surface area contributed by atoms with Crippen molar-refractivity contribution in [1.29, 1.82) is 0 Å². The van der Waals surface area contributed by atoms with E-state index in [9.17, 15) is 14.7 Å². The first kappa shape index (κ1) is 38.0. The molecule has 296 valence electrons. The minimum Gasteiger partial charge on any atom is -0.508 e. The predicted octanol–water partition coefficient (Wildman–Crippen LogP) is 8.90. The van der Waals surface area contributed by atoms with Crippen molar-refractivity contribution >= 4 is 63.7 Å². The zero-order valence-corrected chi connectivity index (χ0v) is 33.3. The maximum Gasteiger partial charge on any atom is 0.246 e. The van der Waals surface area contributed by atoms with Gasteiger partial charge >= 0.3 is 0 Å².